The molecular weight excluding hydrogens is 222 g/mol. The van der Waals surface area contributed by atoms with E-state index in [1.165, 1.54) is 11.1 Å². The lowest BCUT2D eigenvalue weighted by Crippen LogP contribution is -2.10. The molecule has 2 aromatic rings. The SMILES string of the molecule is CNCCc1ccc(Oc2ccccc2)cc1C. The van der Waals surface area contributed by atoms with Crippen molar-refractivity contribution >= 4 is 0 Å². The van der Waals surface area contributed by atoms with Gasteiger partial charge in [-0.15, -0.1) is 0 Å². The molecule has 0 aromatic heterocycles. The average Bonchev–Trinajstić information content (AvgIpc) is 2.39. The highest BCUT2D eigenvalue weighted by Crippen LogP contribution is 2.23. The molecule has 2 nitrogen and oxygen atoms in total. The summed E-state index contributed by atoms with van der Waals surface area (Å²) >= 11 is 0. The Labute approximate surface area is 109 Å². The lowest BCUT2D eigenvalue weighted by molar-refractivity contribution is 0.482. The van der Waals surface area contributed by atoms with Crippen molar-refractivity contribution in [2.24, 2.45) is 0 Å². The molecule has 0 fully saturated rings. The minimum Gasteiger partial charge on any atom is -0.457 e. The zero-order valence-electron chi connectivity index (χ0n) is 10.9. The van der Waals surface area contributed by atoms with Crippen LogP contribution in [0.2, 0.25) is 0 Å². The summed E-state index contributed by atoms with van der Waals surface area (Å²) in [4.78, 5) is 0. The number of rotatable bonds is 5. The maximum atomic E-state index is 5.80. The summed E-state index contributed by atoms with van der Waals surface area (Å²) in [6.45, 7) is 3.13. The number of benzene rings is 2. The van der Waals surface area contributed by atoms with Crippen LogP contribution in [-0.4, -0.2) is 13.6 Å². The van der Waals surface area contributed by atoms with E-state index in [0.717, 1.165) is 24.5 Å². The molecule has 0 aliphatic heterocycles. The van der Waals surface area contributed by atoms with Crippen LogP contribution in [-0.2, 0) is 6.42 Å². The smallest absolute Gasteiger partial charge is 0.127 e. The Kier molecular flexibility index (Phi) is 4.37. The highest BCUT2D eigenvalue weighted by atomic mass is 16.5. The fourth-order valence-electron chi connectivity index (χ4n) is 1.90. The molecule has 18 heavy (non-hydrogen) atoms. The van der Waals surface area contributed by atoms with Gasteiger partial charge in [0, 0.05) is 0 Å². The molecule has 0 radical (unpaired) electrons. The van der Waals surface area contributed by atoms with E-state index in [4.69, 9.17) is 4.74 Å². The Bertz CT molecular complexity index is 494. The minimum absolute atomic E-state index is 0.875. The molecule has 0 bridgehead atoms. The van der Waals surface area contributed by atoms with Crippen LogP contribution in [0.3, 0.4) is 0 Å². The third kappa shape index (κ3) is 3.34. The van der Waals surface area contributed by atoms with Crippen LogP contribution in [0.4, 0.5) is 0 Å². The number of hydrogen-bond donors (Lipinski definition) is 1. The number of nitrogens with one attached hydrogen (secondary N) is 1. The fourth-order valence-corrected chi connectivity index (χ4v) is 1.90. The first kappa shape index (κ1) is 12.7. The molecule has 1 N–H and O–H groups in total. The third-order valence-corrected chi connectivity index (χ3v) is 2.94. The van der Waals surface area contributed by atoms with Crippen LogP contribution >= 0.6 is 0 Å². The third-order valence-electron chi connectivity index (χ3n) is 2.94. The van der Waals surface area contributed by atoms with E-state index in [9.17, 15) is 0 Å². The molecule has 0 unspecified atom stereocenters. The van der Waals surface area contributed by atoms with Crippen LogP contribution in [0.5, 0.6) is 11.5 Å². The van der Waals surface area contributed by atoms with Crippen molar-refractivity contribution in [1.29, 1.82) is 0 Å². The van der Waals surface area contributed by atoms with Crippen molar-refractivity contribution in [2.75, 3.05) is 13.6 Å². The largest absolute Gasteiger partial charge is 0.457 e. The minimum atomic E-state index is 0.875. The van der Waals surface area contributed by atoms with Gasteiger partial charge >= 0.3 is 0 Å². The normalized spacial score (nSPS) is 10.3. The molecule has 0 aliphatic rings. The summed E-state index contributed by atoms with van der Waals surface area (Å²) in [5.41, 5.74) is 2.64. The van der Waals surface area contributed by atoms with E-state index in [1.54, 1.807) is 0 Å². The van der Waals surface area contributed by atoms with Crippen LogP contribution in [0.1, 0.15) is 11.1 Å². The van der Waals surface area contributed by atoms with Crippen LogP contribution in [0.25, 0.3) is 0 Å². The first-order chi connectivity index (χ1) is 8.79. The molecule has 0 saturated heterocycles. The zero-order valence-corrected chi connectivity index (χ0v) is 10.9. The van der Waals surface area contributed by atoms with Gasteiger partial charge in [0.25, 0.3) is 0 Å². The highest BCUT2D eigenvalue weighted by Gasteiger charge is 2.01. The van der Waals surface area contributed by atoms with Crippen molar-refractivity contribution in [3.8, 4) is 11.5 Å². The number of hydrogen-bond acceptors (Lipinski definition) is 2. The van der Waals surface area contributed by atoms with Crippen molar-refractivity contribution in [3.05, 3.63) is 59.7 Å². The topological polar surface area (TPSA) is 21.3 Å². The van der Waals surface area contributed by atoms with Crippen molar-refractivity contribution < 1.29 is 4.74 Å². The first-order valence-corrected chi connectivity index (χ1v) is 6.26. The summed E-state index contributed by atoms with van der Waals surface area (Å²) in [7, 11) is 1.97. The maximum Gasteiger partial charge on any atom is 0.127 e. The van der Waals surface area contributed by atoms with Gasteiger partial charge in [0.1, 0.15) is 11.5 Å². The van der Waals surface area contributed by atoms with Gasteiger partial charge in [-0.05, 0) is 62.3 Å². The first-order valence-electron chi connectivity index (χ1n) is 6.26. The van der Waals surface area contributed by atoms with Gasteiger partial charge < -0.3 is 10.1 Å². The Balaban J connectivity index is 2.09. The van der Waals surface area contributed by atoms with Gasteiger partial charge in [-0.25, -0.2) is 0 Å². The maximum absolute atomic E-state index is 5.80. The van der Waals surface area contributed by atoms with E-state index in [-0.39, 0.29) is 0 Å². The summed E-state index contributed by atoms with van der Waals surface area (Å²) in [5.74, 6) is 1.77. The monoisotopic (exact) mass is 241 g/mol. The Morgan fingerprint density at radius 1 is 1.00 bits per heavy atom. The van der Waals surface area contributed by atoms with Gasteiger partial charge in [-0.3, -0.25) is 0 Å². The number of ether oxygens (including phenoxy) is 1. The molecule has 0 amide bonds. The lowest BCUT2D eigenvalue weighted by atomic mass is 10.1. The molecule has 0 atom stereocenters. The van der Waals surface area contributed by atoms with Crippen LogP contribution < -0.4 is 10.1 Å². The highest BCUT2D eigenvalue weighted by molar-refractivity contribution is 5.37. The van der Waals surface area contributed by atoms with Crippen LogP contribution in [0, 0.1) is 6.92 Å². The Morgan fingerprint density at radius 2 is 1.78 bits per heavy atom. The molecule has 0 heterocycles. The Morgan fingerprint density at radius 3 is 2.44 bits per heavy atom. The second kappa shape index (κ2) is 6.22. The summed E-state index contributed by atoms with van der Waals surface area (Å²) in [5, 5.41) is 3.17. The molecule has 94 valence electrons. The summed E-state index contributed by atoms with van der Waals surface area (Å²) < 4.78 is 5.80. The van der Waals surface area contributed by atoms with E-state index in [0.29, 0.717) is 0 Å². The predicted octanol–water partition coefficient (Wildman–Crippen LogP) is 3.55. The quantitative estimate of drug-likeness (QED) is 0.864. The van der Waals surface area contributed by atoms with E-state index in [1.807, 2.05) is 43.4 Å². The van der Waals surface area contributed by atoms with E-state index < -0.39 is 0 Å². The van der Waals surface area contributed by atoms with Crippen molar-refractivity contribution in [2.45, 2.75) is 13.3 Å². The number of aryl methyl sites for hydroxylation is 1. The average molecular weight is 241 g/mol. The second-order valence-corrected chi connectivity index (χ2v) is 4.36. The molecule has 2 heteroatoms. The summed E-state index contributed by atoms with van der Waals surface area (Å²) in [6.07, 6.45) is 1.05. The van der Waals surface area contributed by atoms with Gasteiger partial charge in [0.05, 0.1) is 0 Å². The second-order valence-electron chi connectivity index (χ2n) is 4.36. The molecule has 0 aliphatic carbocycles. The van der Waals surface area contributed by atoms with Gasteiger partial charge in [-0.2, -0.15) is 0 Å². The number of para-hydroxylation sites is 1. The van der Waals surface area contributed by atoms with E-state index >= 15 is 0 Å². The predicted molar refractivity (Wildman–Crippen MR) is 75.3 cm³/mol. The molecule has 2 aromatic carbocycles. The molecule has 2 rings (SSSR count). The number of likely N-dealkylation sites (N-methyl/N-ethyl adjacent to an activating group) is 1. The standard InChI is InChI=1S/C16H19NO/c1-13-12-16(9-8-14(13)10-11-17-2)18-15-6-4-3-5-7-15/h3-9,12,17H,10-11H2,1-2H3. The molecular formula is C16H19NO. The molecule has 0 saturated carbocycles. The summed E-state index contributed by atoms with van der Waals surface area (Å²) in [6, 6.07) is 16.1. The van der Waals surface area contributed by atoms with Gasteiger partial charge in [0.2, 0.25) is 0 Å². The lowest BCUT2D eigenvalue weighted by Gasteiger charge is -2.09. The van der Waals surface area contributed by atoms with Crippen LogP contribution in [0.15, 0.2) is 48.5 Å². The van der Waals surface area contributed by atoms with Gasteiger partial charge in [0.15, 0.2) is 0 Å². The van der Waals surface area contributed by atoms with Crippen molar-refractivity contribution in [3.63, 3.8) is 0 Å². The molecule has 0 spiro atoms. The van der Waals surface area contributed by atoms with Crippen molar-refractivity contribution in [1.82, 2.24) is 5.32 Å². The van der Waals surface area contributed by atoms with E-state index in [2.05, 4.69) is 24.4 Å². The van der Waals surface area contributed by atoms with Gasteiger partial charge in [-0.1, -0.05) is 24.3 Å². The zero-order chi connectivity index (χ0) is 12.8. The fraction of sp³-hybridized carbons (Fsp3) is 0.250. The Hall–Kier alpha value is -1.80.